The maximum Gasteiger partial charge on any atom is 0.320 e. The second-order valence-corrected chi connectivity index (χ2v) is 2.90. The van der Waals surface area contributed by atoms with E-state index in [1.54, 1.807) is 0 Å². The summed E-state index contributed by atoms with van der Waals surface area (Å²) in [7, 11) is 0. The van der Waals surface area contributed by atoms with Crippen molar-refractivity contribution >= 4 is 5.97 Å². The highest BCUT2D eigenvalue weighted by atomic mass is 16.4. The summed E-state index contributed by atoms with van der Waals surface area (Å²) >= 11 is 0. The second kappa shape index (κ2) is 1.48. The molecule has 3 atom stereocenters. The van der Waals surface area contributed by atoms with Crippen molar-refractivity contribution in [3.63, 3.8) is 0 Å². The molecular weight excluding hydrogens is 118 g/mol. The Balaban J connectivity index is 1.97. The average molecular weight is 127 g/mol. The SMILES string of the molecule is O=C(O)[C@H]1CC2C[C@H]2N1. The summed E-state index contributed by atoms with van der Waals surface area (Å²) in [6.07, 6.45) is 2.05. The fourth-order valence-corrected chi connectivity index (χ4v) is 1.51. The zero-order valence-electron chi connectivity index (χ0n) is 5.00. The summed E-state index contributed by atoms with van der Waals surface area (Å²) in [6.45, 7) is 0. The van der Waals surface area contributed by atoms with E-state index in [9.17, 15) is 4.79 Å². The van der Waals surface area contributed by atoms with Crippen molar-refractivity contribution < 1.29 is 9.90 Å². The Bertz CT molecular complexity index is 147. The molecule has 2 rings (SSSR count). The molecule has 0 amide bonds. The summed E-state index contributed by atoms with van der Waals surface area (Å²) in [6, 6.07) is 0.305. The Labute approximate surface area is 53.1 Å². The van der Waals surface area contributed by atoms with Gasteiger partial charge in [-0.3, -0.25) is 4.79 Å². The molecule has 3 heteroatoms. The number of aliphatic carboxylic acids is 1. The lowest BCUT2D eigenvalue weighted by Crippen LogP contribution is -2.33. The van der Waals surface area contributed by atoms with Crippen LogP contribution in [0.1, 0.15) is 12.8 Å². The van der Waals surface area contributed by atoms with E-state index in [1.165, 1.54) is 6.42 Å². The van der Waals surface area contributed by atoms with Gasteiger partial charge in [-0.25, -0.2) is 0 Å². The Morgan fingerprint density at radius 2 is 2.33 bits per heavy atom. The van der Waals surface area contributed by atoms with Crippen LogP contribution in [0.25, 0.3) is 0 Å². The number of fused-ring (bicyclic) bond motifs is 1. The molecule has 0 aromatic rings. The van der Waals surface area contributed by atoms with Crippen molar-refractivity contribution in [3.8, 4) is 0 Å². The molecule has 0 radical (unpaired) electrons. The quantitative estimate of drug-likeness (QED) is 0.513. The lowest BCUT2D eigenvalue weighted by Gasteiger charge is -2.04. The number of hydrogen-bond acceptors (Lipinski definition) is 2. The molecule has 0 aromatic heterocycles. The second-order valence-electron chi connectivity index (χ2n) is 2.90. The van der Waals surface area contributed by atoms with Gasteiger partial charge in [0.25, 0.3) is 0 Å². The normalized spacial score (nSPS) is 46.4. The molecule has 1 heterocycles. The zero-order chi connectivity index (χ0) is 6.43. The first-order valence-electron chi connectivity index (χ1n) is 3.26. The van der Waals surface area contributed by atoms with Gasteiger partial charge in [0.2, 0.25) is 0 Å². The maximum atomic E-state index is 10.3. The van der Waals surface area contributed by atoms with E-state index in [2.05, 4.69) is 5.32 Å². The Morgan fingerprint density at radius 3 is 2.67 bits per heavy atom. The number of carbonyl (C=O) groups is 1. The van der Waals surface area contributed by atoms with Crippen molar-refractivity contribution in [3.05, 3.63) is 0 Å². The third-order valence-electron chi connectivity index (χ3n) is 2.17. The van der Waals surface area contributed by atoms with E-state index in [-0.39, 0.29) is 6.04 Å². The molecular formula is C6H9NO2. The highest BCUT2D eigenvalue weighted by molar-refractivity contribution is 5.74. The molecule has 1 saturated heterocycles. The summed E-state index contributed by atoms with van der Waals surface area (Å²) < 4.78 is 0. The van der Waals surface area contributed by atoms with Gasteiger partial charge in [0.05, 0.1) is 0 Å². The lowest BCUT2D eigenvalue weighted by atomic mass is 10.2. The van der Waals surface area contributed by atoms with Crippen LogP contribution in [-0.2, 0) is 4.79 Å². The van der Waals surface area contributed by atoms with Gasteiger partial charge in [-0.2, -0.15) is 0 Å². The summed E-state index contributed by atoms with van der Waals surface area (Å²) in [5.74, 6) is -0.00620. The average Bonchev–Trinajstić information content (AvgIpc) is 2.40. The molecule has 0 bridgehead atoms. The van der Waals surface area contributed by atoms with Crippen LogP contribution in [0.4, 0.5) is 0 Å². The first-order chi connectivity index (χ1) is 4.27. The minimum absolute atomic E-state index is 0.242. The van der Waals surface area contributed by atoms with Crippen molar-refractivity contribution in [1.29, 1.82) is 0 Å². The van der Waals surface area contributed by atoms with E-state index in [0.717, 1.165) is 6.42 Å². The van der Waals surface area contributed by atoms with Crippen LogP contribution in [0.2, 0.25) is 0 Å². The lowest BCUT2D eigenvalue weighted by molar-refractivity contribution is -0.139. The van der Waals surface area contributed by atoms with Crippen molar-refractivity contribution in [2.75, 3.05) is 0 Å². The van der Waals surface area contributed by atoms with Crippen LogP contribution in [0.5, 0.6) is 0 Å². The van der Waals surface area contributed by atoms with Crippen LogP contribution < -0.4 is 5.32 Å². The molecule has 0 aromatic carbocycles. The molecule has 2 fully saturated rings. The van der Waals surface area contributed by atoms with Gasteiger partial charge >= 0.3 is 5.97 Å². The molecule has 1 saturated carbocycles. The molecule has 0 spiro atoms. The van der Waals surface area contributed by atoms with Gasteiger partial charge in [0.15, 0.2) is 0 Å². The number of nitrogens with one attached hydrogen (secondary N) is 1. The predicted octanol–water partition coefficient (Wildman–Crippen LogP) is -0.179. The van der Waals surface area contributed by atoms with E-state index in [1.807, 2.05) is 0 Å². The predicted molar refractivity (Wildman–Crippen MR) is 31.1 cm³/mol. The van der Waals surface area contributed by atoms with Gasteiger partial charge < -0.3 is 10.4 Å². The van der Waals surface area contributed by atoms with Gasteiger partial charge in [-0.05, 0) is 18.8 Å². The molecule has 3 nitrogen and oxygen atoms in total. The summed E-state index contributed by atoms with van der Waals surface area (Å²) in [4.78, 5) is 10.3. The number of carboxylic acid groups (broad SMARTS) is 1. The van der Waals surface area contributed by atoms with Crippen LogP contribution in [0.15, 0.2) is 0 Å². The molecule has 1 aliphatic heterocycles. The summed E-state index contributed by atoms with van der Waals surface area (Å²) in [5, 5.41) is 11.5. The fraction of sp³-hybridized carbons (Fsp3) is 0.833. The Kier molecular flexibility index (Phi) is 0.858. The van der Waals surface area contributed by atoms with Crippen LogP contribution >= 0.6 is 0 Å². The van der Waals surface area contributed by atoms with Crippen molar-refractivity contribution in [1.82, 2.24) is 5.32 Å². The number of piperidine rings is 1. The zero-order valence-corrected chi connectivity index (χ0v) is 5.00. The standard InChI is InChI=1S/C6H9NO2/c8-6(9)5-2-3-1-4(3)7-5/h3-5,7H,1-2H2,(H,8,9)/t3?,4-,5-/m1/s1. The smallest absolute Gasteiger partial charge is 0.320 e. The highest BCUT2D eigenvalue weighted by Crippen LogP contribution is 2.40. The molecule has 2 N–H and O–H groups in total. The third kappa shape index (κ3) is 0.721. The van der Waals surface area contributed by atoms with Gasteiger partial charge in [0, 0.05) is 6.04 Å². The van der Waals surface area contributed by atoms with Gasteiger partial charge in [0.1, 0.15) is 6.04 Å². The fourth-order valence-electron chi connectivity index (χ4n) is 1.51. The number of hydrogen-bond donors (Lipinski definition) is 2. The van der Waals surface area contributed by atoms with E-state index in [0.29, 0.717) is 12.0 Å². The van der Waals surface area contributed by atoms with Crippen LogP contribution in [-0.4, -0.2) is 23.2 Å². The maximum absolute atomic E-state index is 10.3. The topological polar surface area (TPSA) is 49.3 Å². The van der Waals surface area contributed by atoms with Crippen LogP contribution in [0.3, 0.4) is 0 Å². The summed E-state index contributed by atoms with van der Waals surface area (Å²) in [5.41, 5.74) is 0. The van der Waals surface area contributed by atoms with Crippen molar-refractivity contribution in [2.24, 2.45) is 5.92 Å². The third-order valence-corrected chi connectivity index (χ3v) is 2.17. The first-order valence-corrected chi connectivity index (χ1v) is 3.26. The largest absolute Gasteiger partial charge is 0.480 e. The van der Waals surface area contributed by atoms with E-state index in [4.69, 9.17) is 5.11 Å². The molecule has 1 aliphatic carbocycles. The van der Waals surface area contributed by atoms with Gasteiger partial charge in [-0.15, -0.1) is 0 Å². The Hall–Kier alpha value is -0.570. The molecule has 1 unspecified atom stereocenters. The number of rotatable bonds is 1. The van der Waals surface area contributed by atoms with Gasteiger partial charge in [-0.1, -0.05) is 0 Å². The minimum atomic E-state index is -0.692. The number of carboxylic acids is 1. The Morgan fingerprint density at radius 1 is 1.56 bits per heavy atom. The molecule has 9 heavy (non-hydrogen) atoms. The monoisotopic (exact) mass is 127 g/mol. The van der Waals surface area contributed by atoms with Crippen molar-refractivity contribution in [2.45, 2.75) is 24.9 Å². The minimum Gasteiger partial charge on any atom is -0.480 e. The van der Waals surface area contributed by atoms with E-state index < -0.39 is 5.97 Å². The highest BCUT2D eigenvalue weighted by Gasteiger charge is 2.47. The first kappa shape index (κ1) is 5.23. The van der Waals surface area contributed by atoms with Crippen LogP contribution in [0, 0.1) is 5.92 Å². The molecule has 50 valence electrons. The molecule has 2 aliphatic rings. The van der Waals surface area contributed by atoms with E-state index >= 15 is 0 Å².